The Kier molecular flexibility index (Phi) is 7.18. The van der Waals surface area contributed by atoms with Gasteiger partial charge < -0.3 is 9.47 Å². The van der Waals surface area contributed by atoms with Crippen LogP contribution in [0, 0.1) is 0 Å². The molecular formula is C14H27NO3S. The monoisotopic (exact) mass is 289 g/mol. The van der Waals surface area contributed by atoms with E-state index in [2.05, 4.69) is 5.32 Å². The highest BCUT2D eigenvalue weighted by atomic mass is 32.2. The van der Waals surface area contributed by atoms with Gasteiger partial charge in [0.2, 0.25) is 0 Å². The van der Waals surface area contributed by atoms with Gasteiger partial charge in [-0.3, -0.25) is 10.1 Å². The van der Waals surface area contributed by atoms with Gasteiger partial charge in [0.15, 0.2) is 0 Å². The van der Waals surface area contributed by atoms with Crippen LogP contribution < -0.4 is 5.32 Å². The van der Waals surface area contributed by atoms with E-state index in [4.69, 9.17) is 9.47 Å². The summed E-state index contributed by atoms with van der Waals surface area (Å²) in [7, 11) is 1.45. The van der Waals surface area contributed by atoms with Crippen molar-refractivity contribution in [2.24, 2.45) is 0 Å². The molecule has 5 heteroatoms. The Labute approximate surface area is 121 Å². The van der Waals surface area contributed by atoms with Crippen LogP contribution >= 0.6 is 11.8 Å². The highest BCUT2D eigenvalue weighted by molar-refractivity contribution is 7.99. The normalized spacial score (nSPS) is 22.5. The number of rotatable bonds is 8. The van der Waals surface area contributed by atoms with Crippen LogP contribution in [-0.2, 0) is 14.3 Å². The van der Waals surface area contributed by atoms with Gasteiger partial charge >= 0.3 is 5.97 Å². The molecule has 4 nitrogen and oxygen atoms in total. The third-order valence-corrected chi connectivity index (χ3v) is 4.42. The standard InChI is InChI=1S/C14H27NO3S/c1-11(2)15-14(3,13(16)17-4)7-9-19-10-12-6-5-8-18-12/h11-12,15H,5-10H2,1-4H3. The van der Waals surface area contributed by atoms with E-state index in [1.165, 1.54) is 20.0 Å². The van der Waals surface area contributed by atoms with Crippen LogP contribution in [0.5, 0.6) is 0 Å². The third kappa shape index (κ3) is 5.71. The van der Waals surface area contributed by atoms with Crippen LogP contribution in [0.1, 0.15) is 40.0 Å². The first-order valence-electron chi connectivity index (χ1n) is 7.03. The number of nitrogens with one attached hydrogen (secondary N) is 1. The van der Waals surface area contributed by atoms with Gasteiger partial charge in [0.25, 0.3) is 0 Å². The van der Waals surface area contributed by atoms with Gasteiger partial charge in [0.1, 0.15) is 5.54 Å². The van der Waals surface area contributed by atoms with E-state index in [9.17, 15) is 4.79 Å². The molecule has 0 aromatic heterocycles. The largest absolute Gasteiger partial charge is 0.468 e. The summed E-state index contributed by atoms with van der Waals surface area (Å²) in [4.78, 5) is 11.9. The van der Waals surface area contributed by atoms with Crippen molar-refractivity contribution < 1.29 is 14.3 Å². The molecule has 0 bridgehead atoms. The van der Waals surface area contributed by atoms with Crippen LogP contribution in [0.3, 0.4) is 0 Å². The zero-order valence-electron chi connectivity index (χ0n) is 12.5. The molecule has 2 atom stereocenters. The van der Waals surface area contributed by atoms with Gasteiger partial charge in [0, 0.05) is 18.4 Å². The minimum absolute atomic E-state index is 0.182. The number of esters is 1. The van der Waals surface area contributed by atoms with E-state index in [0.717, 1.165) is 24.5 Å². The van der Waals surface area contributed by atoms with Crippen molar-refractivity contribution in [1.29, 1.82) is 0 Å². The Hall–Kier alpha value is -0.260. The molecule has 0 saturated carbocycles. The van der Waals surface area contributed by atoms with Gasteiger partial charge in [-0.2, -0.15) is 11.8 Å². The molecule has 1 aliphatic rings. The van der Waals surface area contributed by atoms with Gasteiger partial charge in [0.05, 0.1) is 13.2 Å². The maximum Gasteiger partial charge on any atom is 0.325 e. The van der Waals surface area contributed by atoms with Crippen molar-refractivity contribution >= 4 is 17.7 Å². The molecule has 1 rings (SSSR count). The van der Waals surface area contributed by atoms with Gasteiger partial charge in [-0.15, -0.1) is 0 Å². The molecule has 0 amide bonds. The average molecular weight is 289 g/mol. The molecule has 1 fully saturated rings. The predicted molar refractivity (Wildman–Crippen MR) is 79.6 cm³/mol. The van der Waals surface area contributed by atoms with E-state index < -0.39 is 5.54 Å². The summed E-state index contributed by atoms with van der Waals surface area (Å²) in [5.74, 6) is 1.78. The molecule has 0 radical (unpaired) electrons. The van der Waals surface area contributed by atoms with E-state index in [0.29, 0.717) is 6.10 Å². The van der Waals surface area contributed by atoms with Crippen LogP contribution in [0.25, 0.3) is 0 Å². The van der Waals surface area contributed by atoms with E-state index in [1.54, 1.807) is 0 Å². The maximum atomic E-state index is 11.9. The molecule has 0 spiro atoms. The van der Waals surface area contributed by atoms with Crippen LogP contribution in [0.15, 0.2) is 0 Å². The van der Waals surface area contributed by atoms with E-state index in [-0.39, 0.29) is 12.0 Å². The summed E-state index contributed by atoms with van der Waals surface area (Å²) in [5, 5.41) is 3.32. The second kappa shape index (κ2) is 8.12. The Bertz CT molecular complexity index is 280. The van der Waals surface area contributed by atoms with Crippen LogP contribution in [0.2, 0.25) is 0 Å². The number of carbonyl (C=O) groups excluding carboxylic acids is 1. The Morgan fingerprint density at radius 2 is 2.32 bits per heavy atom. The third-order valence-electron chi connectivity index (χ3n) is 3.32. The molecule has 1 heterocycles. The second-order valence-corrected chi connectivity index (χ2v) is 6.73. The van der Waals surface area contributed by atoms with E-state index in [1.807, 2.05) is 32.5 Å². The first-order chi connectivity index (χ1) is 8.98. The van der Waals surface area contributed by atoms with Crippen molar-refractivity contribution in [3.05, 3.63) is 0 Å². The fourth-order valence-corrected chi connectivity index (χ4v) is 3.61. The van der Waals surface area contributed by atoms with Crippen molar-refractivity contribution in [3.8, 4) is 0 Å². The lowest BCUT2D eigenvalue weighted by molar-refractivity contribution is -0.148. The SMILES string of the molecule is COC(=O)C(C)(CCSCC1CCCO1)NC(C)C. The fourth-order valence-electron chi connectivity index (χ4n) is 2.36. The molecule has 0 aliphatic carbocycles. The second-order valence-electron chi connectivity index (χ2n) is 5.58. The topological polar surface area (TPSA) is 47.6 Å². The molecular weight excluding hydrogens is 262 g/mol. The summed E-state index contributed by atoms with van der Waals surface area (Å²) in [6.07, 6.45) is 3.54. The number of thioether (sulfide) groups is 1. The molecule has 0 aromatic rings. The molecule has 2 unspecified atom stereocenters. The average Bonchev–Trinajstić information content (AvgIpc) is 2.85. The van der Waals surface area contributed by atoms with Gasteiger partial charge in [-0.25, -0.2) is 0 Å². The van der Waals surface area contributed by atoms with Gasteiger partial charge in [-0.05, 0) is 45.8 Å². The number of carbonyl (C=O) groups is 1. The lowest BCUT2D eigenvalue weighted by Gasteiger charge is -2.30. The van der Waals surface area contributed by atoms with Crippen molar-refractivity contribution in [2.45, 2.75) is 57.7 Å². The summed E-state index contributed by atoms with van der Waals surface area (Å²) < 4.78 is 10.5. The minimum atomic E-state index is -0.591. The van der Waals surface area contributed by atoms with Crippen molar-refractivity contribution in [3.63, 3.8) is 0 Å². The Morgan fingerprint density at radius 1 is 1.58 bits per heavy atom. The van der Waals surface area contributed by atoms with Crippen molar-refractivity contribution in [2.75, 3.05) is 25.2 Å². The molecule has 1 N–H and O–H groups in total. The number of methoxy groups -OCH3 is 1. The van der Waals surface area contributed by atoms with E-state index >= 15 is 0 Å². The number of hydrogen-bond acceptors (Lipinski definition) is 5. The Morgan fingerprint density at radius 3 is 2.84 bits per heavy atom. The quantitative estimate of drug-likeness (QED) is 0.548. The predicted octanol–water partition coefficient (Wildman–Crippen LogP) is 2.22. The highest BCUT2D eigenvalue weighted by Gasteiger charge is 2.34. The fraction of sp³-hybridized carbons (Fsp3) is 0.929. The smallest absolute Gasteiger partial charge is 0.325 e. The minimum Gasteiger partial charge on any atom is -0.468 e. The molecule has 1 aliphatic heterocycles. The maximum absolute atomic E-state index is 11.9. The highest BCUT2D eigenvalue weighted by Crippen LogP contribution is 2.21. The summed E-state index contributed by atoms with van der Waals surface area (Å²) in [6.45, 7) is 6.91. The molecule has 19 heavy (non-hydrogen) atoms. The zero-order chi connectivity index (χ0) is 14.3. The lowest BCUT2D eigenvalue weighted by atomic mass is 9.98. The summed E-state index contributed by atoms with van der Waals surface area (Å²) in [5.41, 5.74) is -0.591. The molecule has 0 aromatic carbocycles. The van der Waals surface area contributed by atoms with Crippen LogP contribution in [-0.4, -0.2) is 48.9 Å². The van der Waals surface area contributed by atoms with Crippen molar-refractivity contribution in [1.82, 2.24) is 5.32 Å². The molecule has 1 saturated heterocycles. The molecule has 112 valence electrons. The first-order valence-corrected chi connectivity index (χ1v) is 8.19. The number of ether oxygens (including phenoxy) is 2. The lowest BCUT2D eigenvalue weighted by Crippen LogP contribution is -2.53. The summed E-state index contributed by atoms with van der Waals surface area (Å²) in [6, 6.07) is 0.257. The zero-order valence-corrected chi connectivity index (χ0v) is 13.3. The number of hydrogen-bond donors (Lipinski definition) is 1. The van der Waals surface area contributed by atoms with Gasteiger partial charge in [-0.1, -0.05) is 0 Å². The summed E-state index contributed by atoms with van der Waals surface area (Å²) >= 11 is 1.86. The first kappa shape index (κ1) is 16.8. The Balaban J connectivity index is 2.33. The van der Waals surface area contributed by atoms with Crippen LogP contribution in [0.4, 0.5) is 0 Å².